The molecule has 4 rings (SSSR count). The maximum absolute atomic E-state index is 12.2. The molecule has 10 heteroatoms. The van der Waals surface area contributed by atoms with Gasteiger partial charge in [0, 0.05) is 17.4 Å². The van der Waals surface area contributed by atoms with Gasteiger partial charge in [-0.2, -0.15) is 4.99 Å². The first-order valence-electron chi connectivity index (χ1n) is 9.63. The molecule has 2 aliphatic rings. The van der Waals surface area contributed by atoms with Crippen LogP contribution >= 0.6 is 11.8 Å². The summed E-state index contributed by atoms with van der Waals surface area (Å²) in [6, 6.07) is 16.1. The zero-order chi connectivity index (χ0) is 22.0. The predicted octanol–water partition coefficient (Wildman–Crippen LogP) is 2.95. The van der Waals surface area contributed by atoms with Crippen molar-refractivity contribution in [3.8, 4) is 11.5 Å². The summed E-state index contributed by atoms with van der Waals surface area (Å²) in [6.45, 7) is 0. The number of ether oxygens (including phenoxy) is 1. The van der Waals surface area contributed by atoms with E-state index in [9.17, 15) is 18.0 Å². The summed E-state index contributed by atoms with van der Waals surface area (Å²) in [4.78, 5) is 28.8. The van der Waals surface area contributed by atoms with Crippen molar-refractivity contribution in [3.05, 3.63) is 54.6 Å². The van der Waals surface area contributed by atoms with Gasteiger partial charge >= 0.3 is 5.97 Å². The van der Waals surface area contributed by atoms with Crippen LogP contribution in [0.1, 0.15) is 12.8 Å². The number of hydrogen-bond acceptors (Lipinski definition) is 6. The summed E-state index contributed by atoms with van der Waals surface area (Å²) in [7, 11) is -3.17. The standard InChI is InChI=1S/C21H20N2O6S2/c24-19(10-11-20(25)26)22-21-23(17-12-31(27,28)13-18(17)30-21)14-6-8-16(9-7-14)29-15-4-2-1-3-5-15/h1-9,17-18H,10-13H2,(H,25,26)/t17-,18-/m0/s1. The molecule has 1 amide bonds. The highest BCUT2D eigenvalue weighted by molar-refractivity contribution is 8.16. The molecule has 0 radical (unpaired) electrons. The maximum atomic E-state index is 12.2. The molecule has 8 nitrogen and oxygen atoms in total. The molecule has 2 fully saturated rings. The largest absolute Gasteiger partial charge is 0.481 e. The van der Waals surface area contributed by atoms with Gasteiger partial charge in [-0.05, 0) is 36.4 Å². The number of aliphatic carboxylic acids is 1. The number of amidine groups is 1. The highest BCUT2D eigenvalue weighted by Crippen LogP contribution is 2.41. The Bertz CT molecular complexity index is 1120. The van der Waals surface area contributed by atoms with Gasteiger partial charge in [-0.25, -0.2) is 8.42 Å². The fraction of sp³-hybridized carbons (Fsp3) is 0.286. The van der Waals surface area contributed by atoms with Crippen LogP contribution in [0.25, 0.3) is 0 Å². The molecule has 2 aromatic carbocycles. The molecule has 1 N–H and O–H groups in total. The Balaban J connectivity index is 1.58. The van der Waals surface area contributed by atoms with Crippen molar-refractivity contribution in [3.63, 3.8) is 0 Å². The van der Waals surface area contributed by atoms with Gasteiger partial charge in [0.2, 0.25) is 5.91 Å². The smallest absolute Gasteiger partial charge is 0.303 e. The van der Waals surface area contributed by atoms with Gasteiger partial charge in [0.15, 0.2) is 15.0 Å². The van der Waals surface area contributed by atoms with Crippen LogP contribution in [0.5, 0.6) is 11.5 Å². The lowest BCUT2D eigenvalue weighted by Crippen LogP contribution is -2.37. The lowest BCUT2D eigenvalue weighted by atomic mass is 10.2. The van der Waals surface area contributed by atoms with E-state index in [2.05, 4.69) is 4.99 Å². The lowest BCUT2D eigenvalue weighted by Gasteiger charge is -2.24. The highest BCUT2D eigenvalue weighted by Gasteiger charge is 2.49. The molecule has 2 atom stereocenters. The average Bonchev–Trinajstić information content (AvgIpc) is 3.18. The molecular formula is C21H20N2O6S2. The molecule has 0 aliphatic carbocycles. The van der Waals surface area contributed by atoms with Crippen LogP contribution in [-0.4, -0.2) is 53.4 Å². The van der Waals surface area contributed by atoms with Gasteiger partial charge in [0.25, 0.3) is 0 Å². The monoisotopic (exact) mass is 460 g/mol. The zero-order valence-corrected chi connectivity index (χ0v) is 18.0. The summed E-state index contributed by atoms with van der Waals surface area (Å²) in [5.41, 5.74) is 0.697. The number of amides is 1. The number of carbonyl (C=O) groups excluding carboxylic acids is 1. The Kier molecular flexibility index (Phi) is 6.01. The Morgan fingerprint density at radius 3 is 2.39 bits per heavy atom. The topological polar surface area (TPSA) is 113 Å². The minimum absolute atomic E-state index is 0.0186. The van der Waals surface area contributed by atoms with Crippen LogP contribution in [-0.2, 0) is 19.4 Å². The Hall–Kier alpha value is -2.85. The van der Waals surface area contributed by atoms with Gasteiger partial charge < -0.3 is 14.7 Å². The van der Waals surface area contributed by atoms with Crippen molar-refractivity contribution in [2.75, 3.05) is 16.4 Å². The first kappa shape index (κ1) is 21.4. The molecule has 2 heterocycles. The minimum Gasteiger partial charge on any atom is -0.481 e. The van der Waals surface area contributed by atoms with Crippen LogP contribution in [0.4, 0.5) is 5.69 Å². The molecule has 0 unspecified atom stereocenters. The predicted molar refractivity (Wildman–Crippen MR) is 119 cm³/mol. The summed E-state index contributed by atoms with van der Waals surface area (Å²) in [5, 5.41) is 8.95. The second kappa shape index (κ2) is 8.72. The molecule has 2 saturated heterocycles. The summed E-state index contributed by atoms with van der Waals surface area (Å²) in [5.74, 6) is -0.289. The molecule has 31 heavy (non-hydrogen) atoms. The fourth-order valence-corrected chi connectivity index (χ4v) is 7.47. The number of carboxylic acid groups (broad SMARTS) is 1. The number of para-hydroxylation sites is 1. The van der Waals surface area contributed by atoms with Crippen molar-refractivity contribution in [1.82, 2.24) is 0 Å². The molecule has 0 saturated carbocycles. The first-order valence-corrected chi connectivity index (χ1v) is 12.3. The van der Waals surface area contributed by atoms with Gasteiger partial charge in [-0.15, -0.1) is 0 Å². The van der Waals surface area contributed by atoms with Crippen molar-refractivity contribution >= 4 is 44.3 Å². The van der Waals surface area contributed by atoms with E-state index in [0.29, 0.717) is 22.4 Å². The van der Waals surface area contributed by atoms with E-state index in [1.807, 2.05) is 30.3 Å². The van der Waals surface area contributed by atoms with E-state index in [4.69, 9.17) is 9.84 Å². The summed E-state index contributed by atoms with van der Waals surface area (Å²) >= 11 is 1.25. The third-order valence-electron chi connectivity index (χ3n) is 4.93. The number of hydrogen-bond donors (Lipinski definition) is 1. The third-order valence-corrected chi connectivity index (χ3v) is 8.14. The summed E-state index contributed by atoms with van der Waals surface area (Å²) < 4.78 is 30.1. The first-order chi connectivity index (χ1) is 14.8. The van der Waals surface area contributed by atoms with E-state index in [-0.39, 0.29) is 35.6 Å². The Morgan fingerprint density at radius 2 is 1.71 bits per heavy atom. The van der Waals surface area contributed by atoms with Crippen LogP contribution in [0.2, 0.25) is 0 Å². The molecule has 0 spiro atoms. The van der Waals surface area contributed by atoms with E-state index in [1.165, 1.54) is 11.8 Å². The Labute approximate surface area is 183 Å². The number of benzene rings is 2. The van der Waals surface area contributed by atoms with Crippen LogP contribution < -0.4 is 9.64 Å². The Morgan fingerprint density at radius 1 is 1.03 bits per heavy atom. The van der Waals surface area contributed by atoms with Crippen LogP contribution in [0.15, 0.2) is 59.6 Å². The van der Waals surface area contributed by atoms with E-state index in [1.54, 1.807) is 29.2 Å². The van der Waals surface area contributed by atoms with Crippen molar-refractivity contribution < 1.29 is 27.9 Å². The number of fused-ring (bicyclic) bond motifs is 1. The van der Waals surface area contributed by atoms with Gasteiger partial charge in [-0.3, -0.25) is 9.59 Å². The van der Waals surface area contributed by atoms with Crippen molar-refractivity contribution in [2.45, 2.75) is 24.1 Å². The van der Waals surface area contributed by atoms with Crippen LogP contribution in [0, 0.1) is 0 Å². The van der Waals surface area contributed by atoms with E-state index in [0.717, 1.165) is 0 Å². The lowest BCUT2D eigenvalue weighted by molar-refractivity contribution is -0.138. The SMILES string of the molecule is O=C(O)CCC(=O)N=C1S[C@H]2CS(=O)(=O)C[C@@H]2N1c1ccc(Oc2ccccc2)cc1. The molecule has 0 bridgehead atoms. The van der Waals surface area contributed by atoms with Gasteiger partial charge in [-0.1, -0.05) is 30.0 Å². The second-order valence-corrected chi connectivity index (χ2v) is 10.6. The summed E-state index contributed by atoms with van der Waals surface area (Å²) in [6.07, 6.45) is -0.502. The normalized spacial score (nSPS) is 23.0. The third kappa shape index (κ3) is 5.08. The number of nitrogens with zero attached hydrogens (tertiary/aromatic N) is 2. The fourth-order valence-electron chi connectivity index (χ4n) is 3.54. The molecule has 2 aromatic rings. The van der Waals surface area contributed by atoms with Crippen LogP contribution in [0.3, 0.4) is 0 Å². The van der Waals surface area contributed by atoms with E-state index < -0.39 is 21.7 Å². The number of carboxylic acids is 1. The van der Waals surface area contributed by atoms with Crippen molar-refractivity contribution in [2.24, 2.45) is 4.99 Å². The number of anilines is 1. The number of sulfone groups is 1. The minimum atomic E-state index is -3.17. The number of thioether (sulfide) groups is 1. The van der Waals surface area contributed by atoms with E-state index >= 15 is 0 Å². The maximum Gasteiger partial charge on any atom is 0.303 e. The molecular weight excluding hydrogens is 440 g/mol. The zero-order valence-electron chi connectivity index (χ0n) is 16.4. The average molecular weight is 461 g/mol. The molecule has 2 aliphatic heterocycles. The van der Waals surface area contributed by atoms with Gasteiger partial charge in [0.05, 0.1) is 24.0 Å². The molecule has 162 valence electrons. The number of carbonyl (C=O) groups is 2. The number of aliphatic imine (C=N–C) groups is 1. The van der Waals surface area contributed by atoms with Gasteiger partial charge in [0.1, 0.15) is 11.5 Å². The highest BCUT2D eigenvalue weighted by atomic mass is 32.2. The molecule has 0 aromatic heterocycles. The number of rotatable bonds is 6. The quantitative estimate of drug-likeness (QED) is 0.700. The second-order valence-electron chi connectivity index (χ2n) is 7.26. The van der Waals surface area contributed by atoms with Crippen molar-refractivity contribution in [1.29, 1.82) is 0 Å².